The van der Waals surface area contributed by atoms with Gasteiger partial charge < -0.3 is 16.2 Å². The maximum Gasteiger partial charge on any atom is 0.243 e. The van der Waals surface area contributed by atoms with Crippen LogP contribution in [0, 0.1) is 0 Å². The first-order valence-corrected chi connectivity index (χ1v) is 6.46. The van der Waals surface area contributed by atoms with Gasteiger partial charge in [-0.1, -0.05) is 30.3 Å². The summed E-state index contributed by atoms with van der Waals surface area (Å²) >= 11 is 0. The Morgan fingerprint density at radius 3 is 2.68 bits per heavy atom. The summed E-state index contributed by atoms with van der Waals surface area (Å²) in [4.78, 5) is 13.9. The third kappa shape index (κ3) is 2.94. The molecule has 1 aliphatic heterocycles. The number of nitrogens with zero attached hydrogens (tertiary/aromatic N) is 1. The summed E-state index contributed by atoms with van der Waals surface area (Å²) in [6, 6.07) is 9.58. The Balaban J connectivity index is 2.18. The summed E-state index contributed by atoms with van der Waals surface area (Å²) in [6.07, 6.45) is 0.958. The molecule has 0 radical (unpaired) electrons. The van der Waals surface area contributed by atoms with Crippen LogP contribution in [0.15, 0.2) is 30.3 Å². The smallest absolute Gasteiger partial charge is 0.243 e. The van der Waals surface area contributed by atoms with Gasteiger partial charge in [0.2, 0.25) is 5.91 Å². The van der Waals surface area contributed by atoms with Gasteiger partial charge >= 0.3 is 0 Å². The summed E-state index contributed by atoms with van der Waals surface area (Å²) in [6.45, 7) is 1.83. The fraction of sp³-hybridized carbons (Fsp3) is 0.500. The minimum absolute atomic E-state index is 0.297. The van der Waals surface area contributed by atoms with Crippen LogP contribution in [-0.4, -0.2) is 43.7 Å². The molecule has 1 aromatic carbocycles. The standard InChI is InChI=1S/C14H21N3O2/c1-17(12-7-8-19-9-12)10-14(16,13(15)18)11-5-3-2-4-6-11/h2-6,12H,7-10,16H2,1H3,(H2,15,18). The molecular formula is C14H21N3O2. The molecule has 0 aromatic heterocycles. The molecule has 5 heteroatoms. The van der Waals surface area contributed by atoms with Crippen LogP contribution in [0.1, 0.15) is 12.0 Å². The summed E-state index contributed by atoms with van der Waals surface area (Å²) in [5.41, 5.74) is 11.4. The second kappa shape index (κ2) is 5.69. The summed E-state index contributed by atoms with van der Waals surface area (Å²) in [7, 11) is 1.95. The molecule has 1 fully saturated rings. The van der Waals surface area contributed by atoms with E-state index in [1.165, 1.54) is 0 Å². The topological polar surface area (TPSA) is 81.6 Å². The number of rotatable bonds is 5. The van der Waals surface area contributed by atoms with Crippen LogP contribution < -0.4 is 11.5 Å². The van der Waals surface area contributed by atoms with Gasteiger partial charge in [0.25, 0.3) is 0 Å². The number of likely N-dealkylation sites (N-methyl/N-ethyl adjacent to an activating group) is 1. The SMILES string of the molecule is CN(CC(N)(C(N)=O)c1ccccc1)C1CCOC1. The van der Waals surface area contributed by atoms with E-state index in [1.54, 1.807) is 0 Å². The lowest BCUT2D eigenvalue weighted by Crippen LogP contribution is -2.57. The number of carbonyl (C=O) groups excluding carboxylic acids is 1. The Bertz CT molecular complexity index is 432. The predicted molar refractivity (Wildman–Crippen MR) is 73.4 cm³/mol. The highest BCUT2D eigenvalue weighted by Crippen LogP contribution is 2.21. The lowest BCUT2D eigenvalue weighted by molar-refractivity contribution is -0.124. The van der Waals surface area contributed by atoms with Crippen molar-refractivity contribution < 1.29 is 9.53 Å². The van der Waals surface area contributed by atoms with Gasteiger partial charge in [0.1, 0.15) is 5.54 Å². The lowest BCUT2D eigenvalue weighted by atomic mass is 9.89. The van der Waals surface area contributed by atoms with Gasteiger partial charge in [0.05, 0.1) is 6.61 Å². The predicted octanol–water partition coefficient (Wildman–Crippen LogP) is 0.0466. The molecule has 2 rings (SSSR count). The van der Waals surface area contributed by atoms with Crippen molar-refractivity contribution in [2.24, 2.45) is 11.5 Å². The van der Waals surface area contributed by atoms with E-state index in [9.17, 15) is 4.79 Å². The van der Waals surface area contributed by atoms with Crippen LogP contribution in [0.25, 0.3) is 0 Å². The van der Waals surface area contributed by atoms with Crippen LogP contribution in [0.3, 0.4) is 0 Å². The van der Waals surface area contributed by atoms with Gasteiger partial charge in [-0.15, -0.1) is 0 Å². The monoisotopic (exact) mass is 263 g/mol. The van der Waals surface area contributed by atoms with Crippen molar-refractivity contribution in [2.45, 2.75) is 18.0 Å². The number of amides is 1. The van der Waals surface area contributed by atoms with Gasteiger partial charge in [-0.2, -0.15) is 0 Å². The summed E-state index contributed by atoms with van der Waals surface area (Å²) in [5, 5.41) is 0. The molecule has 0 bridgehead atoms. The average Bonchev–Trinajstić information content (AvgIpc) is 2.93. The second-order valence-corrected chi connectivity index (χ2v) is 5.13. The Morgan fingerprint density at radius 1 is 1.47 bits per heavy atom. The van der Waals surface area contributed by atoms with Gasteiger partial charge in [-0.3, -0.25) is 9.69 Å². The van der Waals surface area contributed by atoms with Crippen molar-refractivity contribution in [1.82, 2.24) is 4.90 Å². The number of ether oxygens (including phenoxy) is 1. The van der Waals surface area contributed by atoms with Crippen molar-refractivity contribution in [1.29, 1.82) is 0 Å². The van der Waals surface area contributed by atoms with E-state index in [0.717, 1.165) is 18.6 Å². The largest absolute Gasteiger partial charge is 0.380 e. The van der Waals surface area contributed by atoms with E-state index in [0.29, 0.717) is 19.2 Å². The molecule has 1 aromatic rings. The first-order valence-electron chi connectivity index (χ1n) is 6.46. The van der Waals surface area contributed by atoms with Crippen molar-refractivity contribution in [3.05, 3.63) is 35.9 Å². The zero-order chi connectivity index (χ0) is 13.9. The highest BCUT2D eigenvalue weighted by molar-refractivity contribution is 5.86. The molecule has 1 heterocycles. The molecular weight excluding hydrogens is 242 g/mol. The van der Waals surface area contributed by atoms with E-state index < -0.39 is 11.4 Å². The van der Waals surface area contributed by atoms with Crippen LogP contribution in [0.4, 0.5) is 0 Å². The maximum absolute atomic E-state index is 11.8. The Labute approximate surface area is 113 Å². The highest BCUT2D eigenvalue weighted by Gasteiger charge is 2.37. The summed E-state index contributed by atoms with van der Waals surface area (Å²) in [5.74, 6) is -0.510. The van der Waals surface area contributed by atoms with Gasteiger partial charge in [0, 0.05) is 19.2 Å². The molecule has 0 aliphatic carbocycles. The number of carbonyl (C=O) groups is 1. The van der Waals surface area contributed by atoms with Crippen LogP contribution in [-0.2, 0) is 15.1 Å². The second-order valence-electron chi connectivity index (χ2n) is 5.13. The highest BCUT2D eigenvalue weighted by atomic mass is 16.5. The van der Waals surface area contributed by atoms with Crippen molar-refractivity contribution in [3.8, 4) is 0 Å². The van der Waals surface area contributed by atoms with Crippen molar-refractivity contribution >= 4 is 5.91 Å². The zero-order valence-corrected chi connectivity index (χ0v) is 11.2. The molecule has 2 unspecified atom stereocenters. The van der Waals surface area contributed by atoms with E-state index in [-0.39, 0.29) is 0 Å². The molecule has 104 valence electrons. The Kier molecular flexibility index (Phi) is 4.19. The molecule has 4 N–H and O–H groups in total. The number of primary amides is 1. The minimum Gasteiger partial charge on any atom is -0.380 e. The van der Waals surface area contributed by atoms with E-state index >= 15 is 0 Å². The Morgan fingerprint density at radius 2 is 2.16 bits per heavy atom. The maximum atomic E-state index is 11.8. The summed E-state index contributed by atoms with van der Waals surface area (Å²) < 4.78 is 5.36. The van der Waals surface area contributed by atoms with Gasteiger partial charge in [-0.25, -0.2) is 0 Å². The quantitative estimate of drug-likeness (QED) is 0.786. The minimum atomic E-state index is -1.17. The normalized spacial score (nSPS) is 22.4. The van der Waals surface area contributed by atoms with Crippen LogP contribution in [0.5, 0.6) is 0 Å². The fourth-order valence-electron chi connectivity index (χ4n) is 2.44. The van der Waals surface area contributed by atoms with Crippen molar-refractivity contribution in [3.63, 3.8) is 0 Å². The first-order chi connectivity index (χ1) is 9.04. The van der Waals surface area contributed by atoms with Gasteiger partial charge in [0.15, 0.2) is 0 Å². The average molecular weight is 263 g/mol. The number of benzene rings is 1. The molecule has 1 amide bonds. The number of hydrogen-bond acceptors (Lipinski definition) is 4. The molecule has 5 nitrogen and oxygen atoms in total. The molecule has 19 heavy (non-hydrogen) atoms. The molecule has 1 saturated heterocycles. The van der Waals surface area contributed by atoms with E-state index in [2.05, 4.69) is 4.90 Å². The first kappa shape index (κ1) is 14.0. The molecule has 2 atom stereocenters. The van der Waals surface area contributed by atoms with Crippen LogP contribution in [0.2, 0.25) is 0 Å². The van der Waals surface area contributed by atoms with E-state index in [4.69, 9.17) is 16.2 Å². The fourth-order valence-corrected chi connectivity index (χ4v) is 2.44. The molecule has 0 saturated carbocycles. The van der Waals surface area contributed by atoms with Crippen molar-refractivity contribution in [2.75, 3.05) is 26.8 Å². The number of nitrogens with two attached hydrogens (primary N) is 2. The third-order valence-corrected chi connectivity index (χ3v) is 3.76. The van der Waals surface area contributed by atoms with Gasteiger partial charge in [-0.05, 0) is 19.0 Å². The third-order valence-electron chi connectivity index (χ3n) is 3.76. The molecule has 0 spiro atoms. The lowest BCUT2D eigenvalue weighted by Gasteiger charge is -2.33. The Hall–Kier alpha value is -1.43. The van der Waals surface area contributed by atoms with Crippen LogP contribution >= 0.6 is 0 Å². The van der Waals surface area contributed by atoms with E-state index in [1.807, 2.05) is 37.4 Å². The zero-order valence-electron chi connectivity index (χ0n) is 11.2. The molecule has 1 aliphatic rings. The number of hydrogen-bond donors (Lipinski definition) is 2.